The molecular weight excluding hydrogens is 255 g/mol. The maximum Gasteiger partial charge on any atom is 0.123 e. The van der Waals surface area contributed by atoms with Crippen molar-refractivity contribution >= 4 is 0 Å². The molecule has 0 spiro atoms. The molecule has 3 nitrogen and oxygen atoms in total. The topological polar surface area (TPSA) is 24.5 Å². The van der Waals surface area contributed by atoms with Crippen LogP contribution in [0.2, 0.25) is 0 Å². The van der Waals surface area contributed by atoms with Crippen LogP contribution in [0.25, 0.3) is 0 Å². The van der Waals surface area contributed by atoms with Crippen LogP contribution in [0.4, 0.5) is 4.39 Å². The molecular formula is C16H25FN2O. The zero-order valence-corrected chi connectivity index (χ0v) is 12.3. The van der Waals surface area contributed by atoms with Crippen LogP contribution in [0.5, 0.6) is 5.75 Å². The van der Waals surface area contributed by atoms with Gasteiger partial charge in [0.25, 0.3) is 0 Å². The van der Waals surface area contributed by atoms with E-state index in [1.54, 1.807) is 12.1 Å². The van der Waals surface area contributed by atoms with Crippen molar-refractivity contribution in [2.75, 3.05) is 39.8 Å². The SMILES string of the molecule is CNCC1CCCN(CCCOc2ccc(F)cc2)C1. The summed E-state index contributed by atoms with van der Waals surface area (Å²) in [5.74, 6) is 1.31. The van der Waals surface area contributed by atoms with E-state index in [0.717, 1.165) is 31.2 Å². The van der Waals surface area contributed by atoms with E-state index < -0.39 is 0 Å². The maximum absolute atomic E-state index is 12.7. The van der Waals surface area contributed by atoms with Crippen LogP contribution in [0.15, 0.2) is 24.3 Å². The summed E-state index contributed by atoms with van der Waals surface area (Å²) in [7, 11) is 2.02. The summed E-state index contributed by atoms with van der Waals surface area (Å²) in [6.07, 6.45) is 3.65. The van der Waals surface area contributed by atoms with E-state index in [-0.39, 0.29) is 5.82 Å². The van der Waals surface area contributed by atoms with E-state index in [9.17, 15) is 4.39 Å². The molecule has 1 atom stereocenters. The van der Waals surface area contributed by atoms with Crippen molar-refractivity contribution in [3.05, 3.63) is 30.1 Å². The molecule has 1 aromatic carbocycles. The van der Waals surface area contributed by atoms with Gasteiger partial charge in [-0.25, -0.2) is 4.39 Å². The van der Waals surface area contributed by atoms with E-state index in [1.165, 1.54) is 38.1 Å². The predicted octanol–water partition coefficient (Wildman–Crippen LogP) is 2.53. The van der Waals surface area contributed by atoms with E-state index in [0.29, 0.717) is 6.61 Å². The second-order valence-electron chi connectivity index (χ2n) is 5.52. The monoisotopic (exact) mass is 280 g/mol. The van der Waals surface area contributed by atoms with Gasteiger partial charge in [0, 0.05) is 13.1 Å². The minimum absolute atomic E-state index is 0.221. The van der Waals surface area contributed by atoms with Crippen LogP contribution < -0.4 is 10.1 Å². The molecule has 1 aliphatic rings. The smallest absolute Gasteiger partial charge is 0.123 e. The van der Waals surface area contributed by atoms with Gasteiger partial charge < -0.3 is 15.0 Å². The Morgan fingerprint density at radius 1 is 1.35 bits per heavy atom. The number of ether oxygens (including phenoxy) is 1. The van der Waals surface area contributed by atoms with Crippen LogP contribution in [-0.2, 0) is 0 Å². The second-order valence-corrected chi connectivity index (χ2v) is 5.52. The summed E-state index contributed by atoms with van der Waals surface area (Å²) < 4.78 is 18.4. The Morgan fingerprint density at radius 3 is 2.90 bits per heavy atom. The Balaban J connectivity index is 1.62. The fraction of sp³-hybridized carbons (Fsp3) is 0.625. The molecule has 0 aliphatic carbocycles. The molecule has 1 unspecified atom stereocenters. The molecule has 1 heterocycles. The van der Waals surface area contributed by atoms with Gasteiger partial charge in [-0.2, -0.15) is 0 Å². The molecule has 0 bridgehead atoms. The minimum atomic E-state index is -0.221. The largest absolute Gasteiger partial charge is 0.494 e. The summed E-state index contributed by atoms with van der Waals surface area (Å²) in [5, 5.41) is 3.27. The summed E-state index contributed by atoms with van der Waals surface area (Å²) in [6.45, 7) is 5.29. The molecule has 1 aliphatic heterocycles. The van der Waals surface area contributed by atoms with Crippen LogP contribution in [0, 0.1) is 11.7 Å². The van der Waals surface area contributed by atoms with Gasteiger partial charge in [-0.15, -0.1) is 0 Å². The molecule has 1 fully saturated rings. The zero-order chi connectivity index (χ0) is 14.2. The third-order valence-electron chi connectivity index (χ3n) is 3.80. The fourth-order valence-corrected chi connectivity index (χ4v) is 2.82. The van der Waals surface area contributed by atoms with E-state index >= 15 is 0 Å². The summed E-state index contributed by atoms with van der Waals surface area (Å²) >= 11 is 0. The minimum Gasteiger partial charge on any atom is -0.494 e. The van der Waals surface area contributed by atoms with Crippen molar-refractivity contribution in [3.63, 3.8) is 0 Å². The Labute approximate surface area is 121 Å². The zero-order valence-electron chi connectivity index (χ0n) is 12.3. The van der Waals surface area contributed by atoms with Gasteiger partial charge in [0.15, 0.2) is 0 Å². The van der Waals surface area contributed by atoms with Gasteiger partial charge in [-0.05, 0) is 69.6 Å². The Hall–Kier alpha value is -1.13. The van der Waals surface area contributed by atoms with Crippen molar-refractivity contribution in [1.29, 1.82) is 0 Å². The van der Waals surface area contributed by atoms with Crippen LogP contribution in [-0.4, -0.2) is 44.7 Å². The molecule has 0 saturated carbocycles. The molecule has 0 amide bonds. The van der Waals surface area contributed by atoms with E-state index in [4.69, 9.17) is 4.74 Å². The normalized spacial score (nSPS) is 20.0. The first kappa shape index (κ1) is 15.3. The van der Waals surface area contributed by atoms with Crippen LogP contribution in [0.3, 0.4) is 0 Å². The van der Waals surface area contributed by atoms with Gasteiger partial charge in [-0.3, -0.25) is 0 Å². The first-order chi connectivity index (χ1) is 9.78. The second kappa shape index (κ2) is 8.22. The molecule has 2 rings (SSSR count). The molecule has 20 heavy (non-hydrogen) atoms. The summed E-state index contributed by atoms with van der Waals surface area (Å²) in [6, 6.07) is 6.23. The fourth-order valence-electron chi connectivity index (χ4n) is 2.82. The highest BCUT2D eigenvalue weighted by atomic mass is 19.1. The highest BCUT2D eigenvalue weighted by molar-refractivity contribution is 5.21. The Morgan fingerprint density at radius 2 is 2.15 bits per heavy atom. The molecule has 1 aromatic rings. The number of halogens is 1. The standard InChI is InChI=1S/C16H25FN2O/c1-18-12-14-4-2-9-19(13-14)10-3-11-20-16-7-5-15(17)6-8-16/h5-8,14,18H,2-4,9-13H2,1H3. The number of hydrogen-bond donors (Lipinski definition) is 1. The Bertz CT molecular complexity index is 381. The number of nitrogens with zero attached hydrogens (tertiary/aromatic N) is 1. The highest BCUT2D eigenvalue weighted by Crippen LogP contribution is 2.16. The third kappa shape index (κ3) is 5.10. The maximum atomic E-state index is 12.7. The molecule has 0 aromatic heterocycles. The first-order valence-corrected chi connectivity index (χ1v) is 7.53. The van der Waals surface area contributed by atoms with Crippen molar-refractivity contribution < 1.29 is 9.13 Å². The van der Waals surface area contributed by atoms with Crippen LogP contribution >= 0.6 is 0 Å². The Kier molecular flexibility index (Phi) is 6.27. The average molecular weight is 280 g/mol. The lowest BCUT2D eigenvalue weighted by atomic mass is 9.98. The highest BCUT2D eigenvalue weighted by Gasteiger charge is 2.18. The van der Waals surface area contributed by atoms with Gasteiger partial charge >= 0.3 is 0 Å². The number of likely N-dealkylation sites (tertiary alicyclic amines) is 1. The van der Waals surface area contributed by atoms with Gasteiger partial charge in [-0.1, -0.05) is 0 Å². The van der Waals surface area contributed by atoms with Crippen molar-refractivity contribution in [2.24, 2.45) is 5.92 Å². The predicted molar refractivity (Wildman–Crippen MR) is 79.6 cm³/mol. The lowest BCUT2D eigenvalue weighted by Gasteiger charge is -2.32. The first-order valence-electron chi connectivity index (χ1n) is 7.53. The molecule has 1 N–H and O–H groups in total. The summed E-state index contributed by atoms with van der Waals surface area (Å²) in [5.41, 5.74) is 0. The van der Waals surface area contributed by atoms with Gasteiger partial charge in [0.1, 0.15) is 11.6 Å². The van der Waals surface area contributed by atoms with Gasteiger partial charge in [0.05, 0.1) is 6.61 Å². The van der Waals surface area contributed by atoms with E-state index in [2.05, 4.69) is 10.2 Å². The lowest BCUT2D eigenvalue weighted by molar-refractivity contribution is 0.161. The molecule has 112 valence electrons. The van der Waals surface area contributed by atoms with Crippen LogP contribution in [0.1, 0.15) is 19.3 Å². The number of piperidine rings is 1. The molecule has 4 heteroatoms. The third-order valence-corrected chi connectivity index (χ3v) is 3.80. The number of rotatable bonds is 7. The number of benzene rings is 1. The lowest BCUT2D eigenvalue weighted by Crippen LogP contribution is -2.39. The van der Waals surface area contributed by atoms with Crippen molar-refractivity contribution in [3.8, 4) is 5.75 Å². The van der Waals surface area contributed by atoms with Crippen molar-refractivity contribution in [2.45, 2.75) is 19.3 Å². The van der Waals surface area contributed by atoms with E-state index in [1.807, 2.05) is 7.05 Å². The molecule has 0 radical (unpaired) electrons. The quantitative estimate of drug-likeness (QED) is 0.777. The average Bonchev–Trinajstić information content (AvgIpc) is 2.46. The number of nitrogens with one attached hydrogen (secondary N) is 1. The summed E-state index contributed by atoms with van der Waals surface area (Å²) in [4.78, 5) is 2.53. The molecule has 1 saturated heterocycles. The number of hydrogen-bond acceptors (Lipinski definition) is 3. The van der Waals surface area contributed by atoms with Crippen molar-refractivity contribution in [1.82, 2.24) is 10.2 Å². The van der Waals surface area contributed by atoms with Gasteiger partial charge in [0.2, 0.25) is 0 Å².